The second-order valence-electron chi connectivity index (χ2n) is 3.36. The third-order valence-corrected chi connectivity index (χ3v) is 3.50. The molecule has 0 radical (unpaired) electrons. The molecule has 60 valence electrons. The van der Waals surface area contributed by atoms with Crippen molar-refractivity contribution in [2.45, 2.75) is 37.8 Å². The van der Waals surface area contributed by atoms with Crippen LogP contribution in [0.1, 0.15) is 32.1 Å². The van der Waals surface area contributed by atoms with Gasteiger partial charge >= 0.3 is 0 Å². The third kappa shape index (κ3) is 2.98. The molecule has 1 rings (SSSR count). The summed E-state index contributed by atoms with van der Waals surface area (Å²) >= 11 is 0. The molecule has 2 heteroatoms. The zero-order valence-corrected chi connectivity index (χ0v) is 8.06. The topological polar surface area (TPSA) is 3.24 Å². The van der Waals surface area contributed by atoms with Gasteiger partial charge in [0.15, 0.2) is 0 Å². The highest BCUT2D eigenvalue weighted by atomic mass is 31.1. The van der Waals surface area contributed by atoms with E-state index >= 15 is 0 Å². The molecule has 0 bridgehead atoms. The van der Waals surface area contributed by atoms with Crippen molar-refractivity contribution in [3.05, 3.63) is 0 Å². The highest BCUT2D eigenvalue weighted by Crippen LogP contribution is 2.33. The van der Waals surface area contributed by atoms with Crippen LogP contribution in [0.4, 0.5) is 0 Å². The average Bonchev–Trinajstić information content (AvgIpc) is 1.88. The summed E-state index contributed by atoms with van der Waals surface area (Å²) in [6.07, 6.45) is 7.40. The monoisotopic (exact) mass is 159 g/mol. The molecule has 1 aliphatic rings. The molecule has 0 heterocycles. The Kier molecular flexibility index (Phi) is 3.65. The normalized spacial score (nSPS) is 23.1. The first-order valence-electron chi connectivity index (χ1n) is 4.22. The van der Waals surface area contributed by atoms with Crippen LogP contribution in [0.3, 0.4) is 0 Å². The summed E-state index contributed by atoms with van der Waals surface area (Å²) in [5.74, 6) is 0. The number of nitrogens with zero attached hydrogens (tertiary/aromatic N) is 1. The van der Waals surface area contributed by atoms with Gasteiger partial charge in [-0.1, -0.05) is 19.3 Å². The zero-order chi connectivity index (χ0) is 7.40. The molecule has 1 aliphatic carbocycles. The molecule has 0 N–H and O–H groups in total. The van der Waals surface area contributed by atoms with Gasteiger partial charge in [0.05, 0.1) is 0 Å². The van der Waals surface area contributed by atoms with Gasteiger partial charge < -0.3 is 0 Å². The minimum absolute atomic E-state index is 1.03. The Morgan fingerprint density at radius 1 is 1.10 bits per heavy atom. The van der Waals surface area contributed by atoms with Crippen LogP contribution in [-0.2, 0) is 0 Å². The summed E-state index contributed by atoms with van der Waals surface area (Å²) in [7, 11) is 5.45. The Balaban J connectivity index is 2.13. The predicted octanol–water partition coefficient (Wildman–Crippen LogP) is 2.47. The maximum absolute atomic E-state index is 2.34. The lowest BCUT2D eigenvalue weighted by Crippen LogP contribution is -2.12. The quantitative estimate of drug-likeness (QED) is 0.559. The van der Waals surface area contributed by atoms with Crippen molar-refractivity contribution >= 4 is 8.73 Å². The maximum Gasteiger partial charge on any atom is -0.00993 e. The number of rotatable bonds is 2. The standard InChI is InChI=1S/C8H18NP/c1-9(2)10-8-6-4-3-5-7-8/h8,10H,3-7H2,1-2H3. The first-order chi connectivity index (χ1) is 4.79. The van der Waals surface area contributed by atoms with Gasteiger partial charge in [-0.05, 0) is 41.3 Å². The Hall–Kier alpha value is 0.390. The average molecular weight is 159 g/mol. The van der Waals surface area contributed by atoms with E-state index in [1.54, 1.807) is 0 Å². The van der Waals surface area contributed by atoms with Crippen molar-refractivity contribution < 1.29 is 0 Å². The predicted molar refractivity (Wildman–Crippen MR) is 48.9 cm³/mol. The summed E-state index contributed by atoms with van der Waals surface area (Å²) in [5, 5.41) is 0. The third-order valence-electron chi connectivity index (χ3n) is 2.05. The Bertz CT molecular complexity index is 87.3. The van der Waals surface area contributed by atoms with Crippen molar-refractivity contribution in [1.29, 1.82) is 0 Å². The Morgan fingerprint density at radius 3 is 2.20 bits per heavy atom. The summed E-state index contributed by atoms with van der Waals surface area (Å²) in [4.78, 5) is 0. The molecule has 0 amide bonds. The highest BCUT2D eigenvalue weighted by Gasteiger charge is 2.13. The molecule has 1 nitrogen and oxygen atoms in total. The molecule has 0 aliphatic heterocycles. The molecule has 0 saturated heterocycles. The van der Waals surface area contributed by atoms with Crippen LogP contribution in [0, 0.1) is 0 Å². The second-order valence-corrected chi connectivity index (χ2v) is 5.33. The molecule has 1 saturated carbocycles. The van der Waals surface area contributed by atoms with Crippen LogP contribution in [0.2, 0.25) is 0 Å². The van der Waals surface area contributed by atoms with Gasteiger partial charge in [-0.2, -0.15) is 0 Å². The lowest BCUT2D eigenvalue weighted by molar-refractivity contribution is 0.502. The summed E-state index contributed by atoms with van der Waals surface area (Å²) in [5.41, 5.74) is 1.03. The van der Waals surface area contributed by atoms with Crippen molar-refractivity contribution in [1.82, 2.24) is 4.67 Å². The van der Waals surface area contributed by atoms with Crippen molar-refractivity contribution in [2.24, 2.45) is 0 Å². The van der Waals surface area contributed by atoms with Crippen LogP contribution in [0.5, 0.6) is 0 Å². The van der Waals surface area contributed by atoms with Gasteiger partial charge in [0, 0.05) is 0 Å². The molecular weight excluding hydrogens is 141 g/mol. The smallest absolute Gasteiger partial charge is 0.00993 e. The molecule has 1 fully saturated rings. The van der Waals surface area contributed by atoms with Gasteiger partial charge in [-0.3, -0.25) is 4.67 Å². The number of hydrogen-bond donors (Lipinski definition) is 0. The van der Waals surface area contributed by atoms with E-state index in [2.05, 4.69) is 18.8 Å². The number of hydrogen-bond acceptors (Lipinski definition) is 1. The molecule has 1 atom stereocenters. The van der Waals surface area contributed by atoms with Gasteiger partial charge in [-0.15, -0.1) is 0 Å². The summed E-state index contributed by atoms with van der Waals surface area (Å²) in [6, 6.07) is 0. The zero-order valence-electron chi connectivity index (χ0n) is 7.06. The molecule has 0 aromatic carbocycles. The van der Waals surface area contributed by atoms with Crippen molar-refractivity contribution in [3.63, 3.8) is 0 Å². The minimum Gasteiger partial charge on any atom is -0.290 e. The van der Waals surface area contributed by atoms with Gasteiger partial charge in [0.2, 0.25) is 0 Å². The second kappa shape index (κ2) is 4.31. The van der Waals surface area contributed by atoms with E-state index in [1.807, 2.05) is 0 Å². The lowest BCUT2D eigenvalue weighted by Gasteiger charge is -2.24. The molecule has 0 spiro atoms. The fourth-order valence-corrected chi connectivity index (χ4v) is 2.99. The van der Waals surface area contributed by atoms with E-state index in [0.29, 0.717) is 0 Å². The SMILES string of the molecule is CN(C)PC1CCCCC1. The highest BCUT2D eigenvalue weighted by molar-refractivity contribution is 7.36. The fraction of sp³-hybridized carbons (Fsp3) is 1.00. The van der Waals surface area contributed by atoms with Gasteiger partial charge in [0.25, 0.3) is 0 Å². The van der Waals surface area contributed by atoms with E-state index in [9.17, 15) is 0 Å². The first kappa shape index (κ1) is 8.49. The summed E-state index contributed by atoms with van der Waals surface area (Å²) in [6.45, 7) is 0. The van der Waals surface area contributed by atoms with E-state index in [4.69, 9.17) is 0 Å². The Morgan fingerprint density at radius 2 is 1.70 bits per heavy atom. The van der Waals surface area contributed by atoms with E-state index in [0.717, 1.165) is 14.4 Å². The minimum atomic E-state index is 1.03. The molecule has 10 heavy (non-hydrogen) atoms. The maximum atomic E-state index is 2.34. The molecule has 0 aromatic heterocycles. The molecule has 1 unspecified atom stereocenters. The Labute approximate surface area is 66.0 Å². The van der Waals surface area contributed by atoms with Crippen molar-refractivity contribution in [3.8, 4) is 0 Å². The van der Waals surface area contributed by atoms with Crippen molar-refractivity contribution in [2.75, 3.05) is 14.1 Å². The summed E-state index contributed by atoms with van der Waals surface area (Å²) < 4.78 is 2.34. The van der Waals surface area contributed by atoms with Crippen LogP contribution in [0.15, 0.2) is 0 Å². The van der Waals surface area contributed by atoms with Crippen LogP contribution < -0.4 is 0 Å². The van der Waals surface area contributed by atoms with Gasteiger partial charge in [-0.25, -0.2) is 0 Å². The van der Waals surface area contributed by atoms with E-state index in [1.165, 1.54) is 32.1 Å². The largest absolute Gasteiger partial charge is 0.290 e. The van der Waals surface area contributed by atoms with Crippen LogP contribution in [0.25, 0.3) is 0 Å². The lowest BCUT2D eigenvalue weighted by atomic mass is 10.0. The molecular formula is C8H18NP. The fourth-order valence-electron chi connectivity index (χ4n) is 1.60. The van der Waals surface area contributed by atoms with Gasteiger partial charge in [0.1, 0.15) is 0 Å². The van der Waals surface area contributed by atoms with Crippen LogP contribution in [-0.4, -0.2) is 24.4 Å². The van der Waals surface area contributed by atoms with E-state index < -0.39 is 0 Å². The van der Waals surface area contributed by atoms with E-state index in [-0.39, 0.29) is 0 Å². The first-order valence-corrected chi connectivity index (χ1v) is 5.25. The molecule has 0 aromatic rings. The van der Waals surface area contributed by atoms with Crippen LogP contribution >= 0.6 is 8.73 Å².